The Kier molecular flexibility index (Phi) is 7.86. The molecule has 2 aromatic carbocycles. The third-order valence-electron chi connectivity index (χ3n) is 5.96. The molecule has 7 heteroatoms. The van der Waals surface area contributed by atoms with E-state index >= 15 is 0 Å². The number of carbonyl (C=O) groups excluding carboxylic acids is 1. The van der Waals surface area contributed by atoms with Crippen molar-refractivity contribution in [1.29, 1.82) is 0 Å². The second kappa shape index (κ2) is 10.4. The van der Waals surface area contributed by atoms with E-state index in [1.807, 2.05) is 43.3 Å². The summed E-state index contributed by atoms with van der Waals surface area (Å²) >= 11 is 0. The molecule has 1 heterocycles. The molecule has 168 valence electrons. The highest BCUT2D eigenvalue weighted by atomic mass is 32.2. The number of sulfonamides is 1. The molecule has 3 rings (SSSR count). The normalized spacial score (nSPS) is 15.9. The number of nitrogens with one attached hydrogen (secondary N) is 1. The van der Waals surface area contributed by atoms with Crippen molar-refractivity contribution in [3.05, 3.63) is 65.2 Å². The van der Waals surface area contributed by atoms with Crippen LogP contribution in [0.2, 0.25) is 0 Å². The minimum Gasteiger partial charge on any atom is -0.349 e. The lowest BCUT2D eigenvalue weighted by Crippen LogP contribution is -2.46. The first-order valence-electron chi connectivity index (χ1n) is 11.0. The van der Waals surface area contributed by atoms with Gasteiger partial charge in [-0.2, -0.15) is 4.31 Å². The van der Waals surface area contributed by atoms with Gasteiger partial charge in [0.25, 0.3) is 5.91 Å². The van der Waals surface area contributed by atoms with Gasteiger partial charge in [-0.05, 0) is 62.7 Å². The second-order valence-corrected chi connectivity index (χ2v) is 10.1. The lowest BCUT2D eigenvalue weighted by atomic mass is 10.1. The quantitative estimate of drug-likeness (QED) is 0.679. The van der Waals surface area contributed by atoms with Crippen LogP contribution in [-0.2, 0) is 16.6 Å². The molecule has 0 spiro atoms. The van der Waals surface area contributed by atoms with E-state index in [-0.39, 0.29) is 11.9 Å². The molecule has 0 atom stereocenters. The minimum atomic E-state index is -3.49. The minimum absolute atomic E-state index is 0.0210. The van der Waals surface area contributed by atoms with E-state index in [0.29, 0.717) is 36.4 Å². The molecular formula is C24H33N3O3S. The van der Waals surface area contributed by atoms with Crippen LogP contribution in [-0.4, -0.2) is 55.8 Å². The highest BCUT2D eigenvalue weighted by Gasteiger charge is 2.30. The van der Waals surface area contributed by atoms with E-state index in [9.17, 15) is 13.2 Å². The number of amides is 1. The molecule has 1 saturated heterocycles. The van der Waals surface area contributed by atoms with Crippen molar-refractivity contribution in [2.75, 3.05) is 26.2 Å². The zero-order valence-electron chi connectivity index (χ0n) is 18.7. The highest BCUT2D eigenvalue weighted by Crippen LogP contribution is 2.21. The Hall–Kier alpha value is -2.22. The van der Waals surface area contributed by atoms with Gasteiger partial charge in [-0.25, -0.2) is 8.42 Å². The summed E-state index contributed by atoms with van der Waals surface area (Å²) in [6.45, 7) is 9.90. The molecule has 0 aromatic heterocycles. The fourth-order valence-corrected chi connectivity index (χ4v) is 5.31. The van der Waals surface area contributed by atoms with Gasteiger partial charge >= 0.3 is 0 Å². The van der Waals surface area contributed by atoms with Crippen LogP contribution in [0, 0.1) is 6.92 Å². The average Bonchev–Trinajstić information content (AvgIpc) is 2.78. The van der Waals surface area contributed by atoms with E-state index in [1.165, 1.54) is 9.87 Å². The molecule has 0 bridgehead atoms. The standard InChI is InChI=1S/C24H33N3O3S/c1-4-26(5-2)18-20-8-10-21(11-9-20)24(28)25-22-14-16-27(17-15-22)31(29,30)23-12-6-19(3)7-13-23/h6-13,22H,4-5,14-18H2,1-3H3,(H,25,28). The number of piperidine rings is 1. The molecule has 31 heavy (non-hydrogen) atoms. The lowest BCUT2D eigenvalue weighted by molar-refractivity contribution is 0.0924. The van der Waals surface area contributed by atoms with Crippen molar-refractivity contribution in [2.45, 2.75) is 51.1 Å². The molecule has 1 fully saturated rings. The second-order valence-electron chi connectivity index (χ2n) is 8.12. The zero-order valence-corrected chi connectivity index (χ0v) is 19.5. The summed E-state index contributed by atoms with van der Waals surface area (Å²) in [5.74, 6) is -0.103. The molecule has 0 aliphatic carbocycles. The van der Waals surface area contributed by atoms with E-state index in [0.717, 1.165) is 25.2 Å². The summed E-state index contributed by atoms with van der Waals surface area (Å²) in [6, 6.07) is 14.7. The van der Waals surface area contributed by atoms with E-state index in [1.54, 1.807) is 12.1 Å². The van der Waals surface area contributed by atoms with Crippen molar-refractivity contribution >= 4 is 15.9 Å². The Morgan fingerprint density at radius 1 is 1.00 bits per heavy atom. The van der Waals surface area contributed by atoms with Gasteiger partial charge in [0.15, 0.2) is 0 Å². The highest BCUT2D eigenvalue weighted by molar-refractivity contribution is 7.89. The van der Waals surface area contributed by atoms with Gasteiger partial charge in [-0.15, -0.1) is 0 Å². The van der Waals surface area contributed by atoms with E-state index in [2.05, 4.69) is 24.1 Å². The molecule has 1 amide bonds. The van der Waals surface area contributed by atoms with Gasteiger partial charge in [0.2, 0.25) is 10.0 Å². The number of hydrogen-bond donors (Lipinski definition) is 1. The maximum Gasteiger partial charge on any atom is 0.251 e. The molecular weight excluding hydrogens is 410 g/mol. The van der Waals surface area contributed by atoms with Crippen LogP contribution in [0.4, 0.5) is 0 Å². The monoisotopic (exact) mass is 443 g/mol. The summed E-state index contributed by atoms with van der Waals surface area (Å²) in [6.07, 6.45) is 1.22. The third kappa shape index (κ3) is 5.93. The van der Waals surface area contributed by atoms with Gasteiger partial charge in [-0.1, -0.05) is 43.7 Å². The summed E-state index contributed by atoms with van der Waals surface area (Å²) in [5, 5.41) is 3.07. The first kappa shape index (κ1) is 23.4. The van der Waals surface area contributed by atoms with Crippen LogP contribution in [0.25, 0.3) is 0 Å². The van der Waals surface area contributed by atoms with Crippen molar-refractivity contribution in [2.24, 2.45) is 0 Å². The predicted molar refractivity (Wildman–Crippen MR) is 123 cm³/mol. The van der Waals surface area contributed by atoms with Crippen LogP contribution in [0.3, 0.4) is 0 Å². The number of nitrogens with zero attached hydrogens (tertiary/aromatic N) is 2. The number of aryl methyl sites for hydroxylation is 1. The Morgan fingerprint density at radius 3 is 2.13 bits per heavy atom. The zero-order chi connectivity index (χ0) is 22.4. The van der Waals surface area contributed by atoms with Crippen LogP contribution in [0.5, 0.6) is 0 Å². The molecule has 0 saturated carbocycles. The number of rotatable bonds is 8. The fourth-order valence-electron chi connectivity index (χ4n) is 3.84. The van der Waals surface area contributed by atoms with Gasteiger partial charge in [0.1, 0.15) is 0 Å². The summed E-state index contributed by atoms with van der Waals surface area (Å²) < 4.78 is 27.2. The molecule has 1 aliphatic rings. The topological polar surface area (TPSA) is 69.7 Å². The summed E-state index contributed by atoms with van der Waals surface area (Å²) in [5.41, 5.74) is 2.86. The van der Waals surface area contributed by atoms with E-state index in [4.69, 9.17) is 0 Å². The first-order chi connectivity index (χ1) is 14.8. The van der Waals surface area contributed by atoms with Gasteiger partial charge in [0.05, 0.1) is 4.90 Å². The summed E-state index contributed by atoms with van der Waals surface area (Å²) in [7, 11) is -3.49. The van der Waals surface area contributed by atoms with Crippen molar-refractivity contribution in [1.82, 2.24) is 14.5 Å². The Bertz CT molecular complexity index is 960. The van der Waals surface area contributed by atoms with Crippen LogP contribution < -0.4 is 5.32 Å². The largest absolute Gasteiger partial charge is 0.349 e. The van der Waals surface area contributed by atoms with Crippen molar-refractivity contribution < 1.29 is 13.2 Å². The van der Waals surface area contributed by atoms with E-state index < -0.39 is 10.0 Å². The van der Waals surface area contributed by atoms with Gasteiger partial charge in [-0.3, -0.25) is 9.69 Å². The molecule has 0 radical (unpaired) electrons. The molecule has 1 N–H and O–H groups in total. The predicted octanol–water partition coefficient (Wildman–Crippen LogP) is 3.42. The first-order valence-corrected chi connectivity index (χ1v) is 12.5. The Morgan fingerprint density at radius 2 is 1.58 bits per heavy atom. The average molecular weight is 444 g/mol. The number of benzene rings is 2. The Balaban J connectivity index is 1.53. The molecule has 1 aliphatic heterocycles. The van der Waals surface area contributed by atoms with Crippen molar-refractivity contribution in [3.8, 4) is 0 Å². The van der Waals surface area contributed by atoms with Crippen LogP contribution >= 0.6 is 0 Å². The smallest absolute Gasteiger partial charge is 0.251 e. The molecule has 6 nitrogen and oxygen atoms in total. The van der Waals surface area contributed by atoms with Gasteiger partial charge < -0.3 is 5.32 Å². The van der Waals surface area contributed by atoms with Gasteiger partial charge in [0, 0.05) is 31.2 Å². The number of carbonyl (C=O) groups is 1. The number of hydrogen-bond acceptors (Lipinski definition) is 4. The van der Waals surface area contributed by atoms with Crippen molar-refractivity contribution in [3.63, 3.8) is 0 Å². The fraction of sp³-hybridized carbons (Fsp3) is 0.458. The molecule has 2 aromatic rings. The SMILES string of the molecule is CCN(CC)Cc1ccc(C(=O)NC2CCN(S(=O)(=O)c3ccc(C)cc3)CC2)cc1. The summed E-state index contributed by atoms with van der Waals surface area (Å²) in [4.78, 5) is 15.3. The van der Waals surface area contributed by atoms with Crippen LogP contribution in [0.15, 0.2) is 53.4 Å². The maximum atomic E-state index is 12.8. The maximum absolute atomic E-state index is 12.8. The third-order valence-corrected chi connectivity index (χ3v) is 7.88. The Labute approximate surface area is 186 Å². The lowest BCUT2D eigenvalue weighted by Gasteiger charge is -2.31. The van der Waals surface area contributed by atoms with Crippen LogP contribution in [0.1, 0.15) is 48.2 Å². The molecule has 0 unspecified atom stereocenters.